The van der Waals surface area contributed by atoms with Crippen molar-refractivity contribution in [3.63, 3.8) is 0 Å². The maximum absolute atomic E-state index is 13.2. The van der Waals surface area contributed by atoms with Crippen LogP contribution in [0.3, 0.4) is 0 Å². The number of halogens is 3. The first kappa shape index (κ1) is 14.5. The van der Waals surface area contributed by atoms with Gasteiger partial charge in [0.25, 0.3) is 0 Å². The molecule has 3 rings (SSSR count). The lowest BCUT2D eigenvalue weighted by Crippen LogP contribution is -2.49. The number of rotatable bonds is 1. The SMILES string of the molecule is Nc1ccc(N2CCCC3(C2)OCCO3)c(C(F)(F)F)c1. The summed E-state index contributed by atoms with van der Waals surface area (Å²) in [6, 6.07) is 3.89. The van der Waals surface area contributed by atoms with E-state index in [2.05, 4.69) is 0 Å². The lowest BCUT2D eigenvalue weighted by Gasteiger charge is -2.40. The van der Waals surface area contributed by atoms with E-state index in [0.717, 1.165) is 12.5 Å². The summed E-state index contributed by atoms with van der Waals surface area (Å²) in [6.07, 6.45) is -3.01. The van der Waals surface area contributed by atoms with Crippen molar-refractivity contribution in [3.8, 4) is 0 Å². The number of nitrogens with two attached hydrogens (primary N) is 1. The third-order valence-electron chi connectivity index (χ3n) is 3.90. The smallest absolute Gasteiger partial charge is 0.399 e. The number of alkyl halides is 3. The van der Waals surface area contributed by atoms with Crippen LogP contribution < -0.4 is 10.6 Å². The van der Waals surface area contributed by atoms with Crippen LogP contribution in [0.4, 0.5) is 24.5 Å². The van der Waals surface area contributed by atoms with E-state index in [-0.39, 0.29) is 11.4 Å². The largest absolute Gasteiger partial charge is 0.418 e. The van der Waals surface area contributed by atoms with Crippen molar-refractivity contribution in [1.82, 2.24) is 0 Å². The van der Waals surface area contributed by atoms with Gasteiger partial charge in [-0.2, -0.15) is 13.2 Å². The van der Waals surface area contributed by atoms with Gasteiger partial charge in [-0.3, -0.25) is 0 Å². The van der Waals surface area contributed by atoms with E-state index < -0.39 is 17.5 Å². The van der Waals surface area contributed by atoms with Crippen molar-refractivity contribution in [2.45, 2.75) is 24.8 Å². The molecule has 2 aliphatic heterocycles. The molecule has 2 saturated heterocycles. The van der Waals surface area contributed by atoms with Gasteiger partial charge in [-0.05, 0) is 24.6 Å². The van der Waals surface area contributed by atoms with E-state index in [9.17, 15) is 13.2 Å². The van der Waals surface area contributed by atoms with Crippen LogP contribution in [0, 0.1) is 0 Å². The Balaban J connectivity index is 1.93. The van der Waals surface area contributed by atoms with Crippen LogP contribution in [0.1, 0.15) is 18.4 Å². The Bertz CT molecular complexity index is 527. The minimum Gasteiger partial charge on any atom is -0.399 e. The number of nitrogens with zero attached hydrogens (tertiary/aromatic N) is 1. The Labute approximate surface area is 120 Å². The monoisotopic (exact) mass is 302 g/mol. The van der Waals surface area contributed by atoms with Crippen LogP contribution in [0.25, 0.3) is 0 Å². The van der Waals surface area contributed by atoms with Crippen molar-refractivity contribution in [2.75, 3.05) is 36.9 Å². The van der Waals surface area contributed by atoms with Crippen LogP contribution >= 0.6 is 0 Å². The summed E-state index contributed by atoms with van der Waals surface area (Å²) in [5.41, 5.74) is 5.03. The van der Waals surface area contributed by atoms with E-state index >= 15 is 0 Å². The molecule has 0 aromatic heterocycles. The molecule has 2 fully saturated rings. The molecule has 1 aromatic carbocycles. The van der Waals surface area contributed by atoms with Gasteiger partial charge < -0.3 is 20.1 Å². The van der Waals surface area contributed by atoms with Crippen LogP contribution in [-0.2, 0) is 15.7 Å². The summed E-state index contributed by atoms with van der Waals surface area (Å²) >= 11 is 0. The average Bonchev–Trinajstić information content (AvgIpc) is 2.85. The number of nitrogen functional groups attached to an aromatic ring is 1. The molecule has 2 heterocycles. The van der Waals surface area contributed by atoms with Crippen LogP contribution in [0.5, 0.6) is 0 Å². The first-order valence-electron chi connectivity index (χ1n) is 6.89. The maximum Gasteiger partial charge on any atom is 0.418 e. The molecule has 4 nitrogen and oxygen atoms in total. The van der Waals surface area contributed by atoms with Crippen molar-refractivity contribution in [3.05, 3.63) is 23.8 Å². The summed E-state index contributed by atoms with van der Waals surface area (Å²) in [5, 5.41) is 0. The quantitative estimate of drug-likeness (QED) is 0.810. The topological polar surface area (TPSA) is 47.7 Å². The number of benzene rings is 1. The second-order valence-electron chi connectivity index (χ2n) is 5.41. The van der Waals surface area contributed by atoms with Crippen molar-refractivity contribution in [1.29, 1.82) is 0 Å². The number of hydrogen-bond acceptors (Lipinski definition) is 4. The molecule has 0 amide bonds. The average molecular weight is 302 g/mol. The molecule has 1 aromatic rings. The van der Waals surface area contributed by atoms with Gasteiger partial charge in [-0.15, -0.1) is 0 Å². The third-order valence-corrected chi connectivity index (χ3v) is 3.90. The summed E-state index contributed by atoms with van der Waals surface area (Å²) in [5.74, 6) is -0.761. The summed E-state index contributed by atoms with van der Waals surface area (Å²) < 4.78 is 50.8. The van der Waals surface area contributed by atoms with Gasteiger partial charge in [0.1, 0.15) is 0 Å². The van der Waals surface area contributed by atoms with Crippen LogP contribution in [-0.4, -0.2) is 32.1 Å². The molecule has 2 N–H and O–H groups in total. The summed E-state index contributed by atoms with van der Waals surface area (Å²) in [6.45, 7) is 1.82. The molecule has 7 heteroatoms. The number of piperidine rings is 1. The second kappa shape index (κ2) is 5.06. The highest BCUT2D eigenvalue weighted by Gasteiger charge is 2.43. The summed E-state index contributed by atoms with van der Waals surface area (Å²) in [7, 11) is 0. The standard InChI is InChI=1S/C14H17F3N2O2/c15-14(16,17)11-8-10(18)2-3-12(11)19-5-1-4-13(9-19)20-6-7-21-13/h2-3,8H,1,4-7,9,18H2. The fourth-order valence-electron chi connectivity index (χ4n) is 2.98. The van der Waals surface area contributed by atoms with Gasteiger partial charge in [-0.1, -0.05) is 0 Å². The Morgan fingerprint density at radius 1 is 1.19 bits per heavy atom. The zero-order valence-corrected chi connectivity index (χ0v) is 11.4. The minimum absolute atomic E-state index is 0.103. The molecule has 116 valence electrons. The molecule has 21 heavy (non-hydrogen) atoms. The zero-order valence-electron chi connectivity index (χ0n) is 11.4. The van der Waals surface area contributed by atoms with Gasteiger partial charge in [0.15, 0.2) is 5.79 Å². The number of anilines is 2. The first-order valence-corrected chi connectivity index (χ1v) is 6.89. The van der Waals surface area contributed by atoms with Crippen molar-refractivity contribution in [2.24, 2.45) is 0 Å². The molecular weight excluding hydrogens is 285 g/mol. The fourth-order valence-corrected chi connectivity index (χ4v) is 2.98. The lowest BCUT2D eigenvalue weighted by molar-refractivity contribution is -0.161. The van der Waals surface area contributed by atoms with E-state index in [0.29, 0.717) is 32.7 Å². The van der Waals surface area contributed by atoms with E-state index in [1.807, 2.05) is 0 Å². The zero-order chi connectivity index (χ0) is 15.1. The van der Waals surface area contributed by atoms with E-state index in [1.165, 1.54) is 12.1 Å². The van der Waals surface area contributed by atoms with Crippen LogP contribution in [0.2, 0.25) is 0 Å². The van der Waals surface area contributed by atoms with Gasteiger partial charge in [0.2, 0.25) is 0 Å². The molecule has 0 atom stereocenters. The Hall–Kier alpha value is -1.47. The molecule has 0 aliphatic carbocycles. The fraction of sp³-hybridized carbons (Fsp3) is 0.571. The molecule has 0 bridgehead atoms. The third kappa shape index (κ3) is 2.80. The number of hydrogen-bond donors (Lipinski definition) is 1. The Morgan fingerprint density at radius 3 is 2.57 bits per heavy atom. The first-order chi connectivity index (χ1) is 9.90. The molecule has 1 spiro atoms. The predicted octanol–water partition coefficient (Wildman–Crippen LogP) is 2.63. The molecule has 0 unspecified atom stereocenters. The van der Waals surface area contributed by atoms with Gasteiger partial charge >= 0.3 is 6.18 Å². The van der Waals surface area contributed by atoms with Crippen LogP contribution in [0.15, 0.2) is 18.2 Å². The second-order valence-corrected chi connectivity index (χ2v) is 5.41. The van der Waals surface area contributed by atoms with E-state index in [4.69, 9.17) is 15.2 Å². The molecule has 2 aliphatic rings. The van der Waals surface area contributed by atoms with E-state index in [1.54, 1.807) is 4.90 Å². The Morgan fingerprint density at radius 2 is 1.90 bits per heavy atom. The lowest BCUT2D eigenvalue weighted by atomic mass is 10.0. The number of ether oxygens (including phenoxy) is 2. The Kier molecular flexibility index (Phi) is 3.49. The highest BCUT2D eigenvalue weighted by atomic mass is 19.4. The predicted molar refractivity (Wildman–Crippen MR) is 71.9 cm³/mol. The van der Waals surface area contributed by atoms with Gasteiger partial charge in [0.05, 0.1) is 25.3 Å². The van der Waals surface area contributed by atoms with Crippen molar-refractivity contribution < 1.29 is 22.6 Å². The highest BCUT2D eigenvalue weighted by molar-refractivity contribution is 5.61. The highest BCUT2D eigenvalue weighted by Crippen LogP contribution is 2.40. The molecular formula is C14H17F3N2O2. The molecule has 0 radical (unpaired) electrons. The maximum atomic E-state index is 13.2. The summed E-state index contributed by atoms with van der Waals surface area (Å²) in [4.78, 5) is 1.68. The van der Waals surface area contributed by atoms with Gasteiger partial charge in [0, 0.05) is 24.3 Å². The minimum atomic E-state index is -4.44. The van der Waals surface area contributed by atoms with Crippen molar-refractivity contribution >= 4 is 11.4 Å². The van der Waals surface area contributed by atoms with Gasteiger partial charge in [-0.25, -0.2) is 0 Å². The normalized spacial score (nSPS) is 22.0. The molecule has 0 saturated carbocycles.